The van der Waals surface area contributed by atoms with Crippen LogP contribution in [0.1, 0.15) is 30.3 Å². The van der Waals surface area contributed by atoms with E-state index in [9.17, 15) is 9.59 Å². The summed E-state index contributed by atoms with van der Waals surface area (Å²) in [5.74, 6) is 1.34. The van der Waals surface area contributed by atoms with Gasteiger partial charge in [-0.3, -0.25) is 4.79 Å². The third kappa shape index (κ3) is 6.76. The normalized spacial score (nSPS) is 14.7. The molecule has 0 fully saturated rings. The Morgan fingerprint density at radius 3 is 2.68 bits per heavy atom. The number of nitrogens with zero attached hydrogens (tertiary/aromatic N) is 2. The van der Waals surface area contributed by atoms with Crippen LogP contribution in [-0.4, -0.2) is 55.1 Å². The van der Waals surface area contributed by atoms with Crippen LogP contribution in [-0.2, 0) is 11.2 Å². The topological polar surface area (TPSA) is 71.1 Å². The lowest BCUT2D eigenvalue weighted by Crippen LogP contribution is -2.49. The first-order chi connectivity index (χ1) is 17.9. The third-order valence-corrected chi connectivity index (χ3v) is 7.39. The molecule has 0 saturated carbocycles. The largest absolute Gasteiger partial charge is 0.493 e. The van der Waals surface area contributed by atoms with Gasteiger partial charge < -0.3 is 24.6 Å². The highest BCUT2D eigenvalue weighted by Gasteiger charge is 2.34. The molecule has 0 radical (unpaired) electrons. The second-order valence-corrected chi connectivity index (χ2v) is 10.8. The number of hydrogen-bond donors (Lipinski definition) is 1. The Balaban J connectivity index is 1.51. The number of halogens is 1. The molecule has 0 unspecified atom stereocenters. The molecule has 2 aromatic carbocycles. The van der Waals surface area contributed by atoms with Gasteiger partial charge in [-0.1, -0.05) is 43.6 Å². The summed E-state index contributed by atoms with van der Waals surface area (Å²) in [7, 11) is 1.60. The minimum atomic E-state index is -0.334. The number of amides is 3. The van der Waals surface area contributed by atoms with Gasteiger partial charge in [0.15, 0.2) is 11.5 Å². The highest BCUT2D eigenvalue weighted by Crippen LogP contribution is 2.35. The third-order valence-electron chi connectivity index (χ3n) is 6.16. The number of methoxy groups -OCH3 is 1. The summed E-state index contributed by atoms with van der Waals surface area (Å²) in [6.45, 7) is 5.30. The molecule has 0 aliphatic carbocycles. The van der Waals surface area contributed by atoms with Crippen molar-refractivity contribution in [3.63, 3.8) is 0 Å². The van der Waals surface area contributed by atoms with Crippen molar-refractivity contribution >= 4 is 40.6 Å². The second-order valence-electron chi connectivity index (χ2n) is 9.33. The molecule has 3 aromatic rings. The van der Waals surface area contributed by atoms with E-state index in [0.717, 1.165) is 12.0 Å². The van der Waals surface area contributed by atoms with Crippen molar-refractivity contribution in [2.75, 3.05) is 38.7 Å². The van der Waals surface area contributed by atoms with Gasteiger partial charge in [0.2, 0.25) is 5.91 Å². The molecule has 37 heavy (non-hydrogen) atoms. The second kappa shape index (κ2) is 12.3. The van der Waals surface area contributed by atoms with E-state index in [2.05, 4.69) is 16.8 Å². The SMILES string of the molecule is COc1ccccc1OC[C@@H]1c2ccsc2CCN1C(=O)CN(CC(C)C)C(=O)Nc1cccc(Cl)c1. The lowest BCUT2D eigenvalue weighted by Gasteiger charge is -2.37. The van der Waals surface area contributed by atoms with Crippen molar-refractivity contribution in [3.8, 4) is 11.5 Å². The van der Waals surface area contributed by atoms with Gasteiger partial charge >= 0.3 is 6.03 Å². The van der Waals surface area contributed by atoms with Crippen LogP contribution >= 0.6 is 22.9 Å². The molecule has 1 aromatic heterocycles. The summed E-state index contributed by atoms with van der Waals surface area (Å²) in [5, 5.41) is 5.46. The van der Waals surface area contributed by atoms with Crippen molar-refractivity contribution in [1.82, 2.24) is 9.80 Å². The maximum Gasteiger partial charge on any atom is 0.322 e. The fourth-order valence-corrected chi connectivity index (χ4v) is 5.58. The number of carbonyl (C=O) groups excluding carboxylic acids is 2. The molecular formula is C28H32ClN3O4S. The molecule has 0 saturated heterocycles. The number of anilines is 1. The van der Waals surface area contributed by atoms with Crippen molar-refractivity contribution < 1.29 is 19.1 Å². The number of ether oxygens (including phenoxy) is 2. The first-order valence-electron chi connectivity index (χ1n) is 12.3. The molecule has 9 heteroatoms. The van der Waals surface area contributed by atoms with E-state index in [1.807, 2.05) is 43.0 Å². The Labute approximate surface area is 226 Å². The summed E-state index contributed by atoms with van der Waals surface area (Å²) in [4.78, 5) is 31.5. The number of para-hydroxylation sites is 2. The highest BCUT2D eigenvalue weighted by atomic mass is 35.5. The zero-order valence-corrected chi connectivity index (χ0v) is 22.8. The maximum absolute atomic E-state index is 13.7. The van der Waals surface area contributed by atoms with Crippen LogP contribution in [0.3, 0.4) is 0 Å². The first-order valence-corrected chi connectivity index (χ1v) is 13.5. The van der Waals surface area contributed by atoms with Crippen molar-refractivity contribution in [2.45, 2.75) is 26.3 Å². The average Bonchev–Trinajstić information content (AvgIpc) is 3.36. The lowest BCUT2D eigenvalue weighted by atomic mass is 10.0. The van der Waals surface area contributed by atoms with Crippen LogP contribution in [0.5, 0.6) is 11.5 Å². The van der Waals surface area contributed by atoms with Crippen LogP contribution in [0.2, 0.25) is 5.02 Å². The van der Waals surface area contributed by atoms with Crippen molar-refractivity contribution in [3.05, 3.63) is 75.4 Å². The molecule has 3 amide bonds. The fraction of sp³-hybridized carbons (Fsp3) is 0.357. The van der Waals surface area contributed by atoms with Crippen LogP contribution in [0.4, 0.5) is 10.5 Å². The van der Waals surface area contributed by atoms with E-state index in [1.54, 1.807) is 47.6 Å². The minimum absolute atomic E-state index is 0.0325. The van der Waals surface area contributed by atoms with Crippen molar-refractivity contribution in [1.29, 1.82) is 0 Å². The summed E-state index contributed by atoms with van der Waals surface area (Å²) in [6, 6.07) is 15.9. The van der Waals surface area contributed by atoms with E-state index in [1.165, 1.54) is 4.88 Å². The molecule has 1 aliphatic heterocycles. The van der Waals surface area contributed by atoms with Gasteiger partial charge in [-0.05, 0) is 59.7 Å². The van der Waals surface area contributed by atoms with E-state index < -0.39 is 0 Å². The van der Waals surface area contributed by atoms with Gasteiger partial charge in [-0.25, -0.2) is 4.79 Å². The minimum Gasteiger partial charge on any atom is -0.493 e. The quantitative estimate of drug-likeness (QED) is 0.355. The molecule has 1 atom stereocenters. The molecule has 2 heterocycles. The van der Waals surface area contributed by atoms with Crippen LogP contribution in [0.15, 0.2) is 60.0 Å². The van der Waals surface area contributed by atoms with E-state index in [4.69, 9.17) is 21.1 Å². The number of benzene rings is 2. The van der Waals surface area contributed by atoms with Crippen molar-refractivity contribution in [2.24, 2.45) is 5.92 Å². The van der Waals surface area contributed by atoms with Gasteiger partial charge in [0.25, 0.3) is 0 Å². The van der Waals surface area contributed by atoms with Gasteiger partial charge in [0, 0.05) is 28.7 Å². The monoisotopic (exact) mass is 541 g/mol. The Morgan fingerprint density at radius 1 is 1.16 bits per heavy atom. The number of thiophene rings is 1. The molecule has 196 valence electrons. The molecule has 1 aliphatic rings. The highest BCUT2D eigenvalue weighted by molar-refractivity contribution is 7.10. The molecule has 4 rings (SSSR count). The molecule has 7 nitrogen and oxygen atoms in total. The average molecular weight is 542 g/mol. The Kier molecular flexibility index (Phi) is 8.95. The predicted molar refractivity (Wildman–Crippen MR) is 148 cm³/mol. The number of rotatable bonds is 9. The van der Waals surface area contributed by atoms with E-state index >= 15 is 0 Å². The first kappa shape index (κ1) is 26.8. The van der Waals surface area contributed by atoms with Crippen LogP contribution in [0.25, 0.3) is 0 Å². The predicted octanol–water partition coefficient (Wildman–Crippen LogP) is 6.11. The summed E-state index contributed by atoms with van der Waals surface area (Å²) < 4.78 is 11.6. The van der Waals surface area contributed by atoms with E-state index in [-0.39, 0.29) is 37.0 Å². The number of fused-ring (bicyclic) bond motifs is 1. The number of hydrogen-bond acceptors (Lipinski definition) is 5. The van der Waals surface area contributed by atoms with Gasteiger partial charge in [0.05, 0.1) is 13.2 Å². The summed E-state index contributed by atoms with van der Waals surface area (Å²) in [6.07, 6.45) is 0.781. The van der Waals surface area contributed by atoms with Gasteiger partial charge in [-0.2, -0.15) is 0 Å². The lowest BCUT2D eigenvalue weighted by molar-refractivity contribution is -0.135. The maximum atomic E-state index is 13.7. The standard InChI is InChI=1S/C28H32ClN3O4S/c1-19(2)16-31(28(34)30-21-8-6-7-20(29)15-21)17-27(33)32-13-11-26-22(12-14-37-26)23(32)18-36-25-10-5-4-9-24(25)35-3/h4-10,12,14-15,19,23H,11,13,16-18H2,1-3H3,(H,30,34)/t23-/m1/s1. The summed E-state index contributed by atoms with van der Waals surface area (Å²) >= 11 is 7.77. The Morgan fingerprint density at radius 2 is 1.95 bits per heavy atom. The molecular weight excluding hydrogens is 510 g/mol. The van der Waals surface area contributed by atoms with Crippen LogP contribution < -0.4 is 14.8 Å². The Hall–Kier alpha value is -3.23. The van der Waals surface area contributed by atoms with Gasteiger partial charge in [0.1, 0.15) is 13.2 Å². The molecule has 1 N–H and O–H groups in total. The number of nitrogens with one attached hydrogen (secondary N) is 1. The molecule has 0 bridgehead atoms. The number of urea groups is 1. The van der Waals surface area contributed by atoms with Gasteiger partial charge in [-0.15, -0.1) is 11.3 Å². The van der Waals surface area contributed by atoms with E-state index in [0.29, 0.717) is 35.3 Å². The smallest absolute Gasteiger partial charge is 0.322 e. The zero-order valence-electron chi connectivity index (χ0n) is 21.3. The zero-order chi connectivity index (χ0) is 26.4. The Bertz CT molecular complexity index is 1230. The number of carbonyl (C=O) groups is 2. The van der Waals surface area contributed by atoms with Crippen LogP contribution in [0, 0.1) is 5.92 Å². The fourth-order valence-electron chi connectivity index (χ4n) is 4.46. The molecule has 0 spiro atoms. The summed E-state index contributed by atoms with van der Waals surface area (Å²) in [5.41, 5.74) is 1.68.